The fourth-order valence-electron chi connectivity index (χ4n) is 3.02. The van der Waals surface area contributed by atoms with Crippen molar-refractivity contribution in [3.63, 3.8) is 0 Å². The molecule has 1 heterocycles. The number of nitro groups is 1. The van der Waals surface area contributed by atoms with Crippen molar-refractivity contribution in [2.24, 2.45) is 0 Å². The minimum absolute atomic E-state index is 0.183. The van der Waals surface area contributed by atoms with Crippen LogP contribution in [0.4, 0.5) is 10.1 Å². The summed E-state index contributed by atoms with van der Waals surface area (Å²) in [5.41, 5.74) is 2.89. The number of nitrogens with zero attached hydrogens (tertiary/aromatic N) is 2. The van der Waals surface area contributed by atoms with E-state index in [4.69, 9.17) is 0 Å². The maximum absolute atomic E-state index is 14.3. The third-order valence-electron chi connectivity index (χ3n) is 3.92. The number of benzene rings is 1. The molecule has 0 saturated heterocycles. The third kappa shape index (κ3) is 3.03. The predicted octanol–water partition coefficient (Wildman–Crippen LogP) is 4.49. The van der Waals surface area contributed by atoms with Gasteiger partial charge in [0.1, 0.15) is 5.82 Å². The van der Waals surface area contributed by atoms with Crippen molar-refractivity contribution in [3.8, 4) is 0 Å². The van der Waals surface area contributed by atoms with Crippen molar-refractivity contribution in [1.29, 1.82) is 0 Å². The lowest BCUT2D eigenvalue weighted by Crippen LogP contribution is -2.45. The topological polar surface area (TPSA) is 46.4 Å². The average molecular weight is 304 g/mol. The summed E-state index contributed by atoms with van der Waals surface area (Å²) in [5.74, 6) is -0.441. The third-order valence-corrected chi connectivity index (χ3v) is 3.92. The van der Waals surface area contributed by atoms with Crippen LogP contribution in [0.1, 0.15) is 45.2 Å². The Kier molecular flexibility index (Phi) is 4.35. The Hall–Kier alpha value is -2.17. The van der Waals surface area contributed by atoms with Crippen molar-refractivity contribution in [2.45, 2.75) is 39.7 Å². The Morgan fingerprint density at radius 2 is 2.09 bits per heavy atom. The van der Waals surface area contributed by atoms with Crippen molar-refractivity contribution in [2.75, 3.05) is 11.4 Å². The first-order valence-electron chi connectivity index (χ1n) is 7.39. The lowest BCUT2D eigenvalue weighted by atomic mass is 9.87. The molecular weight excluding hydrogens is 283 g/mol. The quantitative estimate of drug-likeness (QED) is 0.608. The number of hydrogen-bond donors (Lipinski definition) is 0. The van der Waals surface area contributed by atoms with Crippen LogP contribution >= 0.6 is 0 Å². The first-order chi connectivity index (χ1) is 10.3. The van der Waals surface area contributed by atoms with E-state index in [9.17, 15) is 14.5 Å². The second-order valence-corrected chi connectivity index (χ2v) is 6.12. The van der Waals surface area contributed by atoms with Gasteiger partial charge < -0.3 is 4.90 Å². The van der Waals surface area contributed by atoms with Crippen LogP contribution in [0.25, 0.3) is 11.6 Å². The molecule has 2 rings (SSSR count). The maximum Gasteiger partial charge on any atom is 0.235 e. The van der Waals surface area contributed by atoms with Crippen LogP contribution < -0.4 is 4.90 Å². The summed E-state index contributed by atoms with van der Waals surface area (Å²) in [6.07, 6.45) is 5.08. The molecule has 0 aliphatic carbocycles. The summed E-state index contributed by atoms with van der Waals surface area (Å²) in [6.45, 7) is 9.11. The van der Waals surface area contributed by atoms with E-state index in [0.29, 0.717) is 0 Å². The summed E-state index contributed by atoms with van der Waals surface area (Å²) in [4.78, 5) is 12.0. The summed E-state index contributed by atoms with van der Waals surface area (Å²) >= 11 is 0. The Morgan fingerprint density at radius 1 is 1.41 bits per heavy atom. The van der Waals surface area contributed by atoms with Crippen LogP contribution in [0, 0.1) is 15.9 Å². The number of fused-ring (bicyclic) bond motifs is 1. The van der Waals surface area contributed by atoms with Crippen molar-refractivity contribution in [3.05, 3.63) is 51.5 Å². The van der Waals surface area contributed by atoms with Gasteiger partial charge in [-0.3, -0.25) is 10.1 Å². The van der Waals surface area contributed by atoms with Gasteiger partial charge in [-0.05, 0) is 44.9 Å². The average Bonchev–Trinajstić information content (AvgIpc) is 2.41. The molecule has 0 saturated carbocycles. The molecule has 118 valence electrons. The monoisotopic (exact) mass is 304 g/mol. The molecule has 1 aliphatic rings. The number of allylic oxidation sites excluding steroid dienone is 1. The zero-order valence-corrected chi connectivity index (χ0v) is 13.4. The molecular formula is C17H21FN2O2. The van der Waals surface area contributed by atoms with Crippen LogP contribution in [0.5, 0.6) is 0 Å². The first-order valence-corrected chi connectivity index (χ1v) is 7.39. The Morgan fingerprint density at radius 3 is 2.68 bits per heavy atom. The number of rotatable bonds is 4. The molecule has 1 aromatic carbocycles. The Balaban J connectivity index is 2.57. The molecule has 4 nitrogen and oxygen atoms in total. The van der Waals surface area contributed by atoms with Gasteiger partial charge in [-0.1, -0.05) is 13.0 Å². The van der Waals surface area contributed by atoms with E-state index in [2.05, 4.69) is 31.7 Å². The van der Waals surface area contributed by atoms with E-state index in [1.54, 1.807) is 6.07 Å². The Bertz CT molecular complexity index is 663. The molecule has 22 heavy (non-hydrogen) atoms. The van der Waals surface area contributed by atoms with E-state index in [-0.39, 0.29) is 11.1 Å². The number of halogens is 1. The van der Waals surface area contributed by atoms with Gasteiger partial charge in [0.2, 0.25) is 6.20 Å². The fraction of sp³-hybridized carbons (Fsp3) is 0.412. The van der Waals surface area contributed by atoms with Crippen molar-refractivity contribution >= 4 is 17.3 Å². The van der Waals surface area contributed by atoms with E-state index < -0.39 is 10.7 Å². The lowest BCUT2D eigenvalue weighted by Gasteiger charge is -2.43. The number of anilines is 1. The molecule has 0 N–H and O–H groups in total. The van der Waals surface area contributed by atoms with Crippen molar-refractivity contribution in [1.82, 2.24) is 0 Å². The molecule has 0 radical (unpaired) electrons. The fourth-order valence-corrected chi connectivity index (χ4v) is 3.02. The van der Waals surface area contributed by atoms with Crippen LogP contribution in [-0.4, -0.2) is 17.0 Å². The van der Waals surface area contributed by atoms with Crippen molar-refractivity contribution < 1.29 is 9.31 Å². The molecule has 1 aliphatic heterocycles. The van der Waals surface area contributed by atoms with Gasteiger partial charge in [0.05, 0.1) is 10.5 Å². The second-order valence-electron chi connectivity index (χ2n) is 6.12. The van der Waals surface area contributed by atoms with Crippen LogP contribution in [0.2, 0.25) is 0 Å². The number of hydrogen-bond acceptors (Lipinski definition) is 3. The van der Waals surface area contributed by atoms with Gasteiger partial charge in [0, 0.05) is 29.4 Å². The normalized spacial score (nSPS) is 16.6. The standard InChI is InChI=1S/C17H21FN2O2/c1-5-7-19-16-10-15(18)13(6-8-20(21)22)9-14(16)12(2)11-17(19,3)4/h6,8-11H,5,7H2,1-4H3/b8-6+. The summed E-state index contributed by atoms with van der Waals surface area (Å²) < 4.78 is 14.3. The molecule has 5 heteroatoms. The molecule has 0 aromatic heterocycles. The first kappa shape index (κ1) is 16.2. The highest BCUT2D eigenvalue weighted by Crippen LogP contribution is 2.40. The molecule has 0 unspecified atom stereocenters. The van der Waals surface area contributed by atoms with Gasteiger partial charge in [-0.25, -0.2) is 4.39 Å². The van der Waals surface area contributed by atoms with Gasteiger partial charge in [0.15, 0.2) is 0 Å². The van der Waals surface area contributed by atoms with Gasteiger partial charge in [-0.15, -0.1) is 0 Å². The predicted molar refractivity (Wildman–Crippen MR) is 87.8 cm³/mol. The van der Waals surface area contributed by atoms with Gasteiger partial charge in [-0.2, -0.15) is 0 Å². The molecule has 1 aromatic rings. The SMILES string of the molecule is CCCN1c2cc(F)c(/C=C/[N+](=O)[O-])cc2C(C)=CC1(C)C. The maximum atomic E-state index is 14.3. The van der Waals surface area contributed by atoms with Crippen LogP contribution in [-0.2, 0) is 0 Å². The highest BCUT2D eigenvalue weighted by atomic mass is 19.1. The molecule has 0 fully saturated rings. The highest BCUT2D eigenvalue weighted by Gasteiger charge is 2.31. The minimum Gasteiger partial charge on any atom is -0.362 e. The Labute approximate surface area is 130 Å². The molecule has 0 atom stereocenters. The van der Waals surface area contributed by atoms with Crippen LogP contribution in [0.15, 0.2) is 24.4 Å². The largest absolute Gasteiger partial charge is 0.362 e. The smallest absolute Gasteiger partial charge is 0.235 e. The summed E-state index contributed by atoms with van der Waals surface area (Å²) in [6, 6.07) is 3.18. The van der Waals surface area contributed by atoms with Gasteiger partial charge >= 0.3 is 0 Å². The molecule has 0 amide bonds. The summed E-state index contributed by atoms with van der Waals surface area (Å²) in [5, 5.41) is 10.4. The molecule has 0 bridgehead atoms. The highest BCUT2D eigenvalue weighted by molar-refractivity contribution is 5.82. The summed E-state index contributed by atoms with van der Waals surface area (Å²) in [7, 11) is 0. The van der Waals surface area contributed by atoms with Crippen LogP contribution in [0.3, 0.4) is 0 Å². The second kappa shape index (κ2) is 5.91. The zero-order chi connectivity index (χ0) is 16.5. The van der Waals surface area contributed by atoms with E-state index >= 15 is 0 Å². The zero-order valence-electron chi connectivity index (χ0n) is 13.4. The van der Waals surface area contributed by atoms with Gasteiger partial charge in [0.25, 0.3) is 0 Å². The minimum atomic E-state index is -0.589. The lowest BCUT2D eigenvalue weighted by molar-refractivity contribution is -0.400. The van der Waals surface area contributed by atoms with E-state index in [1.807, 2.05) is 6.92 Å². The van der Waals surface area contributed by atoms with E-state index in [0.717, 1.165) is 36.0 Å². The van der Waals surface area contributed by atoms with E-state index in [1.165, 1.54) is 12.1 Å². The molecule has 0 spiro atoms.